The Balaban J connectivity index is 3.13. The Hall–Kier alpha value is -1.23. The lowest BCUT2D eigenvalue weighted by molar-refractivity contribution is -0.138. The van der Waals surface area contributed by atoms with Crippen molar-refractivity contribution < 1.29 is 22.7 Å². The van der Waals surface area contributed by atoms with Crippen LogP contribution in [0.25, 0.3) is 0 Å². The Bertz CT molecular complexity index is 444. The summed E-state index contributed by atoms with van der Waals surface area (Å²) in [4.78, 5) is 11.5. The standard InChI is InChI=1S/C13H14ClF3O2/c1-2-19-12(18)10-6-5-9(4-3-7-14)8-11(10)13(15,16)17/h5-6,8H,2-4,7H2,1H3. The maximum Gasteiger partial charge on any atom is 0.417 e. The van der Waals surface area contributed by atoms with Crippen LogP contribution in [0.5, 0.6) is 0 Å². The number of alkyl halides is 4. The largest absolute Gasteiger partial charge is 0.462 e. The van der Waals surface area contributed by atoms with Gasteiger partial charge in [-0.15, -0.1) is 11.6 Å². The first-order chi connectivity index (χ1) is 8.90. The molecule has 1 aromatic carbocycles. The number of ether oxygens (including phenoxy) is 1. The molecule has 1 aromatic rings. The minimum Gasteiger partial charge on any atom is -0.462 e. The number of halogens is 4. The average molecular weight is 295 g/mol. The number of carbonyl (C=O) groups is 1. The fourth-order valence-electron chi connectivity index (χ4n) is 1.64. The molecule has 0 saturated heterocycles. The first kappa shape index (κ1) is 15.8. The summed E-state index contributed by atoms with van der Waals surface area (Å²) in [6.45, 7) is 1.57. The molecule has 0 aliphatic rings. The van der Waals surface area contributed by atoms with Crippen LogP contribution in [0, 0.1) is 0 Å². The van der Waals surface area contributed by atoms with Gasteiger partial charge in [0.25, 0.3) is 0 Å². The first-order valence-corrected chi connectivity index (χ1v) is 6.36. The summed E-state index contributed by atoms with van der Waals surface area (Å²) >= 11 is 5.51. The van der Waals surface area contributed by atoms with Crippen LogP contribution >= 0.6 is 11.6 Å². The summed E-state index contributed by atoms with van der Waals surface area (Å²) in [5.41, 5.74) is -0.914. The fourth-order valence-corrected chi connectivity index (χ4v) is 1.77. The maximum atomic E-state index is 12.9. The van der Waals surface area contributed by atoms with Gasteiger partial charge in [0, 0.05) is 5.88 Å². The van der Waals surface area contributed by atoms with Gasteiger partial charge in [-0.2, -0.15) is 13.2 Å². The van der Waals surface area contributed by atoms with Crippen molar-refractivity contribution in [1.82, 2.24) is 0 Å². The van der Waals surface area contributed by atoms with Crippen molar-refractivity contribution >= 4 is 17.6 Å². The third kappa shape index (κ3) is 4.42. The van der Waals surface area contributed by atoms with Crippen LogP contribution in [0.2, 0.25) is 0 Å². The van der Waals surface area contributed by atoms with Gasteiger partial charge in [-0.1, -0.05) is 6.07 Å². The Kier molecular flexibility index (Phi) is 5.66. The summed E-state index contributed by atoms with van der Waals surface area (Å²) in [5.74, 6) is -0.584. The van der Waals surface area contributed by atoms with Gasteiger partial charge in [0.15, 0.2) is 0 Å². The van der Waals surface area contributed by atoms with Gasteiger partial charge in [-0.25, -0.2) is 4.79 Å². The molecule has 0 bridgehead atoms. The van der Waals surface area contributed by atoms with E-state index in [2.05, 4.69) is 4.74 Å². The van der Waals surface area contributed by atoms with Gasteiger partial charge in [-0.3, -0.25) is 0 Å². The normalized spacial score (nSPS) is 11.4. The summed E-state index contributed by atoms with van der Waals surface area (Å²) in [6.07, 6.45) is -3.56. The zero-order valence-electron chi connectivity index (χ0n) is 10.4. The molecule has 0 aromatic heterocycles. The molecule has 0 radical (unpaired) electrons. The van der Waals surface area contributed by atoms with Gasteiger partial charge >= 0.3 is 12.1 Å². The lowest BCUT2D eigenvalue weighted by Crippen LogP contribution is -2.15. The van der Waals surface area contributed by atoms with Gasteiger partial charge < -0.3 is 4.74 Å². The second-order valence-electron chi connectivity index (χ2n) is 3.89. The van der Waals surface area contributed by atoms with Crippen molar-refractivity contribution in [2.75, 3.05) is 12.5 Å². The molecule has 0 spiro atoms. The molecule has 0 heterocycles. The van der Waals surface area contributed by atoms with E-state index in [4.69, 9.17) is 11.6 Å². The quantitative estimate of drug-likeness (QED) is 0.605. The topological polar surface area (TPSA) is 26.3 Å². The summed E-state index contributed by atoms with van der Waals surface area (Å²) in [6, 6.07) is 3.64. The van der Waals surface area contributed by atoms with Crippen molar-refractivity contribution in [2.45, 2.75) is 25.9 Å². The van der Waals surface area contributed by atoms with Gasteiger partial charge in [0.2, 0.25) is 0 Å². The van der Waals surface area contributed by atoms with Crippen LogP contribution in [0.1, 0.15) is 34.8 Å². The van der Waals surface area contributed by atoms with Crippen LogP contribution in [-0.2, 0) is 17.3 Å². The van der Waals surface area contributed by atoms with Crippen molar-refractivity contribution in [2.24, 2.45) is 0 Å². The van der Waals surface area contributed by atoms with Crippen LogP contribution in [0.4, 0.5) is 13.2 Å². The van der Waals surface area contributed by atoms with Crippen LogP contribution in [-0.4, -0.2) is 18.5 Å². The smallest absolute Gasteiger partial charge is 0.417 e. The first-order valence-electron chi connectivity index (χ1n) is 5.83. The van der Waals surface area contributed by atoms with Crippen molar-refractivity contribution in [3.05, 3.63) is 34.9 Å². The second kappa shape index (κ2) is 6.80. The van der Waals surface area contributed by atoms with Crippen molar-refractivity contribution in [3.8, 4) is 0 Å². The van der Waals surface area contributed by atoms with E-state index in [9.17, 15) is 18.0 Å². The highest BCUT2D eigenvalue weighted by atomic mass is 35.5. The molecule has 0 atom stereocenters. The number of rotatable bonds is 5. The van der Waals surface area contributed by atoms with Gasteiger partial charge in [0.05, 0.1) is 17.7 Å². The molecule has 106 valence electrons. The fraction of sp³-hybridized carbons (Fsp3) is 0.462. The SMILES string of the molecule is CCOC(=O)c1ccc(CCCCl)cc1C(F)(F)F. The van der Waals surface area contributed by atoms with E-state index in [0.29, 0.717) is 24.3 Å². The van der Waals surface area contributed by atoms with E-state index >= 15 is 0 Å². The molecular formula is C13H14ClF3O2. The zero-order chi connectivity index (χ0) is 14.5. The van der Waals surface area contributed by atoms with E-state index in [-0.39, 0.29) is 6.61 Å². The predicted octanol–water partition coefficient (Wildman–Crippen LogP) is 4.05. The molecule has 2 nitrogen and oxygen atoms in total. The minimum atomic E-state index is -4.58. The number of hydrogen-bond donors (Lipinski definition) is 0. The molecule has 0 aliphatic heterocycles. The molecule has 6 heteroatoms. The molecular weight excluding hydrogens is 281 g/mol. The summed E-state index contributed by atoms with van der Waals surface area (Å²) in [5, 5.41) is 0. The molecule has 19 heavy (non-hydrogen) atoms. The van der Waals surface area contributed by atoms with Gasteiger partial charge in [-0.05, 0) is 37.5 Å². The Morgan fingerprint density at radius 3 is 2.58 bits per heavy atom. The van der Waals surface area contributed by atoms with E-state index in [0.717, 1.165) is 12.1 Å². The third-order valence-electron chi connectivity index (χ3n) is 2.48. The monoisotopic (exact) mass is 294 g/mol. The minimum absolute atomic E-state index is 0.0319. The van der Waals surface area contributed by atoms with Crippen LogP contribution in [0.3, 0.4) is 0 Å². The maximum absolute atomic E-state index is 12.9. The highest BCUT2D eigenvalue weighted by Crippen LogP contribution is 2.33. The predicted molar refractivity (Wildman–Crippen MR) is 66.4 cm³/mol. The second-order valence-corrected chi connectivity index (χ2v) is 4.27. The van der Waals surface area contributed by atoms with Crippen LogP contribution in [0.15, 0.2) is 18.2 Å². The molecule has 0 aliphatic carbocycles. The molecule has 0 saturated carbocycles. The Labute approximate surface area is 114 Å². The number of benzene rings is 1. The van der Waals surface area contributed by atoms with E-state index in [1.165, 1.54) is 6.07 Å². The summed E-state index contributed by atoms with van der Waals surface area (Å²) in [7, 11) is 0. The third-order valence-corrected chi connectivity index (χ3v) is 2.75. The molecule has 0 amide bonds. The number of carbonyl (C=O) groups excluding carboxylic acids is 1. The number of esters is 1. The molecule has 0 unspecified atom stereocenters. The highest BCUT2D eigenvalue weighted by molar-refractivity contribution is 6.17. The number of aryl methyl sites for hydroxylation is 1. The zero-order valence-corrected chi connectivity index (χ0v) is 11.1. The Morgan fingerprint density at radius 1 is 1.37 bits per heavy atom. The lowest BCUT2D eigenvalue weighted by atomic mass is 10.0. The lowest BCUT2D eigenvalue weighted by Gasteiger charge is -2.13. The van der Waals surface area contributed by atoms with Crippen LogP contribution < -0.4 is 0 Å². The van der Waals surface area contributed by atoms with E-state index in [1.807, 2.05) is 0 Å². The van der Waals surface area contributed by atoms with E-state index in [1.54, 1.807) is 6.92 Å². The van der Waals surface area contributed by atoms with E-state index < -0.39 is 23.3 Å². The molecule has 1 rings (SSSR count). The molecule has 0 N–H and O–H groups in total. The Morgan fingerprint density at radius 2 is 2.05 bits per heavy atom. The van der Waals surface area contributed by atoms with Gasteiger partial charge in [0.1, 0.15) is 0 Å². The molecule has 0 fully saturated rings. The van der Waals surface area contributed by atoms with Crippen molar-refractivity contribution in [3.63, 3.8) is 0 Å². The van der Waals surface area contributed by atoms with Crippen molar-refractivity contribution in [1.29, 1.82) is 0 Å². The summed E-state index contributed by atoms with van der Waals surface area (Å²) < 4.78 is 43.4. The highest BCUT2D eigenvalue weighted by Gasteiger charge is 2.35. The average Bonchev–Trinajstić information content (AvgIpc) is 2.35. The number of hydrogen-bond acceptors (Lipinski definition) is 2.